The molecule has 0 aliphatic carbocycles. The first kappa shape index (κ1) is 25.8. The quantitative estimate of drug-likeness (QED) is 0.218. The smallest absolute Gasteiger partial charge is 0.269 e. The molecule has 37 heavy (non-hydrogen) atoms. The average Bonchev–Trinajstić information content (AvgIpc) is 3.62. The number of ether oxygens (including phenoxy) is 1. The molecule has 1 saturated heterocycles. The second-order valence-corrected chi connectivity index (χ2v) is 8.85. The van der Waals surface area contributed by atoms with Crippen molar-refractivity contribution in [3.63, 3.8) is 0 Å². The molecule has 2 amide bonds. The predicted octanol–water partition coefficient (Wildman–Crippen LogP) is 4.44. The normalized spacial score (nSPS) is 15.1. The molecule has 2 aromatic carbocycles. The molecule has 2 heterocycles. The van der Waals surface area contributed by atoms with Crippen LogP contribution in [0.2, 0.25) is 0 Å². The number of non-ortho nitro benzene ring substituents is 1. The van der Waals surface area contributed by atoms with E-state index in [-0.39, 0.29) is 36.7 Å². The molecule has 0 spiro atoms. The number of nitro groups is 1. The van der Waals surface area contributed by atoms with Crippen molar-refractivity contribution < 1.29 is 23.7 Å². The monoisotopic (exact) mass is 503 g/mol. The summed E-state index contributed by atoms with van der Waals surface area (Å²) in [5.41, 5.74) is 1.59. The highest BCUT2D eigenvalue weighted by Gasteiger charge is 2.26. The van der Waals surface area contributed by atoms with Gasteiger partial charge >= 0.3 is 0 Å². The Labute approximate surface area is 215 Å². The molecular formula is C28H29N3O6. The Morgan fingerprint density at radius 2 is 1.78 bits per heavy atom. The van der Waals surface area contributed by atoms with Crippen LogP contribution in [0.1, 0.15) is 29.7 Å². The highest BCUT2D eigenvalue weighted by molar-refractivity contribution is 5.94. The Bertz CT molecular complexity index is 1200. The Balaban J connectivity index is 1.49. The fraction of sp³-hybridized carbons (Fsp3) is 0.286. The third kappa shape index (κ3) is 7.62. The molecule has 0 radical (unpaired) electrons. The molecule has 0 saturated carbocycles. The summed E-state index contributed by atoms with van der Waals surface area (Å²) < 4.78 is 11.2. The summed E-state index contributed by atoms with van der Waals surface area (Å²) in [5, 5.41) is 10.9. The zero-order chi connectivity index (χ0) is 26.0. The maximum absolute atomic E-state index is 13.5. The summed E-state index contributed by atoms with van der Waals surface area (Å²) in [5.74, 6) is 0.106. The van der Waals surface area contributed by atoms with Crippen molar-refractivity contribution in [1.29, 1.82) is 0 Å². The fourth-order valence-electron chi connectivity index (χ4n) is 4.14. The Kier molecular flexibility index (Phi) is 8.83. The van der Waals surface area contributed by atoms with Gasteiger partial charge in [-0.15, -0.1) is 0 Å². The molecule has 1 atom stereocenters. The second kappa shape index (κ2) is 12.6. The zero-order valence-electron chi connectivity index (χ0n) is 20.4. The first-order valence-corrected chi connectivity index (χ1v) is 12.1. The van der Waals surface area contributed by atoms with Crippen LogP contribution in [0, 0.1) is 10.1 Å². The van der Waals surface area contributed by atoms with E-state index in [1.54, 1.807) is 35.4 Å². The van der Waals surface area contributed by atoms with Crippen LogP contribution in [0.15, 0.2) is 83.5 Å². The third-order valence-electron chi connectivity index (χ3n) is 6.10. The van der Waals surface area contributed by atoms with Crippen LogP contribution in [0.25, 0.3) is 6.08 Å². The van der Waals surface area contributed by atoms with Crippen LogP contribution in [0.4, 0.5) is 5.69 Å². The summed E-state index contributed by atoms with van der Waals surface area (Å²) in [4.78, 5) is 40.3. The number of carbonyl (C=O) groups is 2. The number of nitrogens with zero attached hydrogens (tertiary/aromatic N) is 3. The molecular weight excluding hydrogens is 474 g/mol. The maximum Gasteiger partial charge on any atom is 0.269 e. The SMILES string of the molecule is O=C(C=Cc1ccc([N+](=O)[O-])cc1)N(CC(=O)N(Cc1ccccc1)Cc1ccco1)CC1CCCO1. The topological polar surface area (TPSA) is 106 Å². The van der Waals surface area contributed by atoms with Crippen molar-refractivity contribution in [2.24, 2.45) is 0 Å². The van der Waals surface area contributed by atoms with Crippen molar-refractivity contribution in [3.8, 4) is 0 Å². The zero-order valence-corrected chi connectivity index (χ0v) is 20.4. The van der Waals surface area contributed by atoms with E-state index in [2.05, 4.69) is 0 Å². The molecule has 1 aromatic heterocycles. The number of rotatable bonds is 11. The van der Waals surface area contributed by atoms with E-state index >= 15 is 0 Å². The number of nitro benzene ring substituents is 1. The molecule has 9 nitrogen and oxygen atoms in total. The van der Waals surface area contributed by atoms with Crippen molar-refractivity contribution in [3.05, 3.63) is 106 Å². The van der Waals surface area contributed by atoms with Gasteiger partial charge < -0.3 is 19.0 Å². The lowest BCUT2D eigenvalue weighted by Crippen LogP contribution is -2.44. The van der Waals surface area contributed by atoms with Crippen molar-refractivity contribution in [2.75, 3.05) is 19.7 Å². The predicted molar refractivity (Wildman–Crippen MR) is 137 cm³/mol. The van der Waals surface area contributed by atoms with Gasteiger partial charge in [0.1, 0.15) is 12.3 Å². The summed E-state index contributed by atoms with van der Waals surface area (Å²) in [7, 11) is 0. The van der Waals surface area contributed by atoms with Crippen LogP contribution in [-0.2, 0) is 27.4 Å². The highest BCUT2D eigenvalue weighted by Crippen LogP contribution is 2.17. The molecule has 192 valence electrons. The molecule has 1 fully saturated rings. The number of carbonyl (C=O) groups excluding carboxylic acids is 2. The van der Waals surface area contributed by atoms with E-state index in [9.17, 15) is 19.7 Å². The number of furan rings is 1. The van der Waals surface area contributed by atoms with Gasteiger partial charge in [0.05, 0.1) is 23.8 Å². The van der Waals surface area contributed by atoms with Crippen molar-refractivity contribution in [1.82, 2.24) is 9.80 Å². The van der Waals surface area contributed by atoms with E-state index in [4.69, 9.17) is 9.15 Å². The molecule has 0 N–H and O–H groups in total. The largest absolute Gasteiger partial charge is 0.467 e. The fourth-order valence-corrected chi connectivity index (χ4v) is 4.14. The van der Waals surface area contributed by atoms with Gasteiger partial charge in [0.25, 0.3) is 5.69 Å². The minimum atomic E-state index is -0.475. The minimum Gasteiger partial charge on any atom is -0.467 e. The van der Waals surface area contributed by atoms with Crippen LogP contribution in [-0.4, -0.2) is 52.3 Å². The van der Waals surface area contributed by atoms with Gasteiger partial charge in [0.15, 0.2) is 0 Å². The van der Waals surface area contributed by atoms with Crippen LogP contribution >= 0.6 is 0 Å². The Hall–Kier alpha value is -4.24. The molecule has 1 unspecified atom stereocenters. The molecule has 4 rings (SSSR count). The summed E-state index contributed by atoms with van der Waals surface area (Å²) in [6.45, 7) is 1.48. The molecule has 1 aliphatic heterocycles. The van der Waals surface area contributed by atoms with Gasteiger partial charge in [0.2, 0.25) is 11.8 Å². The lowest BCUT2D eigenvalue weighted by atomic mass is 10.1. The van der Waals surface area contributed by atoms with Gasteiger partial charge in [0, 0.05) is 37.9 Å². The van der Waals surface area contributed by atoms with Crippen LogP contribution in [0.3, 0.4) is 0 Å². The maximum atomic E-state index is 13.5. The summed E-state index contributed by atoms with van der Waals surface area (Å²) in [6, 6.07) is 19.1. The Morgan fingerprint density at radius 1 is 1.00 bits per heavy atom. The van der Waals surface area contributed by atoms with E-state index < -0.39 is 4.92 Å². The molecule has 0 bridgehead atoms. The summed E-state index contributed by atoms with van der Waals surface area (Å²) >= 11 is 0. The number of hydrogen-bond donors (Lipinski definition) is 0. The lowest BCUT2D eigenvalue weighted by Gasteiger charge is -2.28. The van der Waals surface area contributed by atoms with Gasteiger partial charge in [-0.1, -0.05) is 30.3 Å². The number of amides is 2. The minimum absolute atomic E-state index is 0.0239. The second-order valence-electron chi connectivity index (χ2n) is 8.85. The van der Waals surface area contributed by atoms with E-state index in [0.29, 0.717) is 31.0 Å². The third-order valence-corrected chi connectivity index (χ3v) is 6.10. The van der Waals surface area contributed by atoms with Gasteiger partial charge in [-0.3, -0.25) is 19.7 Å². The molecule has 3 aromatic rings. The van der Waals surface area contributed by atoms with Crippen LogP contribution < -0.4 is 0 Å². The van der Waals surface area contributed by atoms with E-state index in [0.717, 1.165) is 18.4 Å². The van der Waals surface area contributed by atoms with E-state index in [1.807, 2.05) is 36.4 Å². The van der Waals surface area contributed by atoms with Crippen molar-refractivity contribution in [2.45, 2.75) is 32.0 Å². The van der Waals surface area contributed by atoms with Gasteiger partial charge in [-0.2, -0.15) is 0 Å². The molecule has 1 aliphatic rings. The summed E-state index contributed by atoms with van der Waals surface area (Å²) in [6.07, 6.45) is 6.15. The van der Waals surface area contributed by atoms with Gasteiger partial charge in [-0.25, -0.2) is 0 Å². The van der Waals surface area contributed by atoms with Gasteiger partial charge in [-0.05, 0) is 54.3 Å². The first-order chi connectivity index (χ1) is 18.0. The van der Waals surface area contributed by atoms with Crippen molar-refractivity contribution >= 4 is 23.6 Å². The lowest BCUT2D eigenvalue weighted by molar-refractivity contribution is -0.384. The standard InChI is InChI=1S/C28H29N3O6/c32-27(15-12-22-10-13-24(14-11-22)31(34)35)30(20-26-9-5-17-37-26)21-28(33)29(19-25-8-4-16-36-25)18-23-6-2-1-3-7-23/h1-4,6-8,10-16,26H,5,9,17-21H2. The Morgan fingerprint density at radius 3 is 2.43 bits per heavy atom. The molecule has 9 heteroatoms. The highest BCUT2D eigenvalue weighted by atomic mass is 16.6. The van der Waals surface area contributed by atoms with E-state index in [1.165, 1.54) is 23.1 Å². The number of hydrogen-bond acceptors (Lipinski definition) is 6. The average molecular weight is 504 g/mol. The van der Waals surface area contributed by atoms with Crippen LogP contribution in [0.5, 0.6) is 0 Å². The first-order valence-electron chi connectivity index (χ1n) is 12.1. The number of benzene rings is 2.